The number of aromatic nitrogens is 4. The maximum Gasteiger partial charge on any atom is 0.353 e. The molecule has 282 valence electrons. The van der Waals surface area contributed by atoms with Crippen molar-refractivity contribution in [2.45, 2.75) is 34.6 Å². The van der Waals surface area contributed by atoms with Crippen molar-refractivity contribution in [1.29, 1.82) is 0 Å². The monoisotopic (exact) mass is 762 g/mol. The van der Waals surface area contributed by atoms with Gasteiger partial charge in [0, 0.05) is 51.9 Å². The highest BCUT2D eigenvalue weighted by atomic mass is 19.1. The van der Waals surface area contributed by atoms with E-state index in [1.165, 1.54) is 24.3 Å². The summed E-state index contributed by atoms with van der Waals surface area (Å²) in [6.45, 7) is 8.82. The van der Waals surface area contributed by atoms with Gasteiger partial charge in [0.1, 0.15) is 40.5 Å². The average molecular weight is 763 g/mol. The van der Waals surface area contributed by atoms with Gasteiger partial charge in [-0.1, -0.05) is 22.4 Å². The number of hydrogen-bond acceptors (Lipinski definition) is 7. The fraction of sp³-hybridized carbons (Fsp3) is 0.119. The first-order valence-electron chi connectivity index (χ1n) is 17.0. The van der Waals surface area contributed by atoms with Gasteiger partial charge in [0.15, 0.2) is 10.9 Å². The van der Waals surface area contributed by atoms with Crippen LogP contribution < -0.4 is 10.9 Å². The fourth-order valence-corrected chi connectivity index (χ4v) is 6.93. The molecule has 4 aromatic heterocycles. The van der Waals surface area contributed by atoms with Gasteiger partial charge in [0.05, 0.1) is 33.8 Å². The lowest BCUT2D eigenvalue weighted by molar-refractivity contribution is 0.0687. The molecule has 0 bridgehead atoms. The Morgan fingerprint density at radius 3 is 1.46 bits per heavy atom. The average Bonchev–Trinajstić information content (AvgIpc) is 3.67. The first kappa shape index (κ1) is 37.2. The summed E-state index contributed by atoms with van der Waals surface area (Å²) in [5.74, 6) is -3.35. The van der Waals surface area contributed by atoms with E-state index >= 15 is 0 Å². The number of carboxylic acid groups (broad SMARTS) is 1. The van der Waals surface area contributed by atoms with Gasteiger partial charge >= 0.3 is 5.97 Å². The Balaban J connectivity index is 0.000000172. The number of aryl methyl sites for hydroxylation is 5. The van der Waals surface area contributed by atoms with Crippen LogP contribution >= 0.6 is 0 Å². The second-order valence-electron chi connectivity index (χ2n) is 13.1. The third-order valence-corrected chi connectivity index (χ3v) is 9.37. The lowest BCUT2D eigenvalue weighted by Gasteiger charge is -2.16. The minimum Gasteiger partial charge on any atom is -0.477 e. The third-order valence-electron chi connectivity index (χ3n) is 9.37. The summed E-state index contributed by atoms with van der Waals surface area (Å²) in [5.41, 5.74) is 4.38. The summed E-state index contributed by atoms with van der Waals surface area (Å²) in [6.07, 6.45) is 0. The summed E-state index contributed by atoms with van der Waals surface area (Å²) in [4.78, 5) is 36.8. The molecule has 0 saturated heterocycles. The number of nitrogens with zero attached hydrogens (tertiary/aromatic N) is 4. The van der Waals surface area contributed by atoms with E-state index in [2.05, 4.69) is 10.3 Å². The van der Waals surface area contributed by atoms with E-state index in [1.54, 1.807) is 49.6 Å². The molecule has 0 radical (unpaired) electrons. The topological polar surface area (TPSA) is 133 Å². The molecular formula is C42H30F4N4O6. The Kier molecular flexibility index (Phi) is 9.50. The zero-order valence-corrected chi connectivity index (χ0v) is 30.4. The molecule has 0 spiro atoms. The highest BCUT2D eigenvalue weighted by Gasteiger charge is 2.21. The van der Waals surface area contributed by atoms with Gasteiger partial charge in [-0.05, 0) is 94.3 Å². The molecule has 0 amide bonds. The van der Waals surface area contributed by atoms with Crippen LogP contribution in [-0.4, -0.2) is 30.5 Å². The number of halogens is 4. The van der Waals surface area contributed by atoms with Crippen LogP contribution in [0.1, 0.15) is 39.1 Å². The Labute approximate surface area is 314 Å². The van der Waals surface area contributed by atoms with Crippen molar-refractivity contribution in [3.63, 3.8) is 0 Å². The molecule has 8 aromatic rings. The third kappa shape index (κ3) is 6.54. The van der Waals surface area contributed by atoms with Gasteiger partial charge in [-0.2, -0.15) is 0 Å². The first-order chi connectivity index (χ1) is 26.6. The summed E-state index contributed by atoms with van der Waals surface area (Å²) in [7, 11) is 0. The standard InChI is InChI=1S/C21H14F2N2O4.C21H16F2N2O2/c1-10-20(11(2)29-24-10)12-3-5-14-17(7-12)25(18(21(27)28)9-19(14)26)16-6-4-13(22)8-15(16)23;1-11-8-20(26)16-6-4-14(21-12(2)24-27-13(21)3)9-19(16)25(11)18-7-5-15(22)10-17(18)23/h3-9H,1-2H3,(H,27,28);4-10H,1-3H3. The summed E-state index contributed by atoms with van der Waals surface area (Å²) >= 11 is 0. The van der Waals surface area contributed by atoms with Gasteiger partial charge in [-0.25, -0.2) is 22.4 Å². The molecule has 4 heterocycles. The smallest absolute Gasteiger partial charge is 0.353 e. The number of pyridine rings is 2. The largest absolute Gasteiger partial charge is 0.477 e. The lowest BCUT2D eigenvalue weighted by Crippen LogP contribution is -2.18. The molecule has 0 unspecified atom stereocenters. The van der Waals surface area contributed by atoms with Gasteiger partial charge in [-0.3, -0.25) is 9.59 Å². The maximum atomic E-state index is 14.6. The number of fused-ring (bicyclic) bond motifs is 2. The minimum atomic E-state index is -1.42. The van der Waals surface area contributed by atoms with E-state index in [0.717, 1.165) is 45.7 Å². The second kappa shape index (κ2) is 14.3. The van der Waals surface area contributed by atoms with Crippen LogP contribution in [0.3, 0.4) is 0 Å². The highest BCUT2D eigenvalue weighted by molar-refractivity contribution is 5.94. The second-order valence-corrected chi connectivity index (χ2v) is 13.1. The Hall–Kier alpha value is -7.09. The number of carboxylic acids is 1. The van der Waals surface area contributed by atoms with E-state index in [9.17, 15) is 37.1 Å². The predicted molar refractivity (Wildman–Crippen MR) is 201 cm³/mol. The Morgan fingerprint density at radius 2 is 1.04 bits per heavy atom. The molecule has 14 heteroatoms. The summed E-state index contributed by atoms with van der Waals surface area (Å²) in [5, 5.41) is 18.1. The van der Waals surface area contributed by atoms with Crippen LogP contribution in [0.15, 0.2) is 104 Å². The van der Waals surface area contributed by atoms with Crippen LogP contribution in [0.5, 0.6) is 0 Å². The summed E-state index contributed by atoms with van der Waals surface area (Å²) < 4.78 is 68.9. The molecule has 56 heavy (non-hydrogen) atoms. The molecule has 0 saturated carbocycles. The SMILES string of the molecule is Cc1noc(C)c1-c1ccc2c(=O)cc(C(=O)O)n(-c3ccc(F)cc3F)c2c1.Cc1noc(C)c1-c1ccc2c(=O)cc(C)n(-c3ccc(F)cc3F)c2c1. The van der Waals surface area contributed by atoms with Crippen molar-refractivity contribution in [3.05, 3.63) is 163 Å². The molecule has 0 atom stereocenters. The molecule has 0 fully saturated rings. The zero-order valence-electron chi connectivity index (χ0n) is 30.4. The maximum absolute atomic E-state index is 14.6. The van der Waals surface area contributed by atoms with Gasteiger partial charge in [0.2, 0.25) is 0 Å². The van der Waals surface area contributed by atoms with Crippen molar-refractivity contribution in [3.8, 4) is 33.6 Å². The van der Waals surface area contributed by atoms with Crippen LogP contribution in [-0.2, 0) is 0 Å². The van der Waals surface area contributed by atoms with Gasteiger partial charge in [-0.15, -0.1) is 0 Å². The molecule has 4 aromatic carbocycles. The first-order valence-corrected chi connectivity index (χ1v) is 17.0. The number of carbonyl (C=O) groups is 1. The summed E-state index contributed by atoms with van der Waals surface area (Å²) in [6, 6.07) is 18.7. The predicted octanol–water partition coefficient (Wildman–Crippen LogP) is 9.09. The lowest BCUT2D eigenvalue weighted by atomic mass is 10.0. The van der Waals surface area contributed by atoms with E-state index in [-0.39, 0.29) is 27.7 Å². The molecule has 0 aliphatic heterocycles. The number of aromatic carboxylic acids is 1. The molecule has 0 aliphatic carbocycles. The van der Waals surface area contributed by atoms with Crippen molar-refractivity contribution in [1.82, 2.24) is 19.4 Å². The molecular weight excluding hydrogens is 732 g/mol. The van der Waals surface area contributed by atoms with Crippen molar-refractivity contribution < 1.29 is 36.5 Å². The van der Waals surface area contributed by atoms with Gasteiger partial charge in [0.25, 0.3) is 0 Å². The van der Waals surface area contributed by atoms with Crippen molar-refractivity contribution in [2.75, 3.05) is 0 Å². The number of rotatable bonds is 5. The molecule has 0 aliphatic rings. The number of hydrogen-bond donors (Lipinski definition) is 1. The molecule has 8 rings (SSSR count). The van der Waals surface area contributed by atoms with Crippen molar-refractivity contribution >= 4 is 27.8 Å². The Morgan fingerprint density at radius 1 is 0.589 bits per heavy atom. The van der Waals surface area contributed by atoms with E-state index < -0.39 is 40.4 Å². The van der Waals surface area contributed by atoms with Crippen LogP contribution in [0.2, 0.25) is 0 Å². The Bertz CT molecular complexity index is 2980. The minimum absolute atomic E-state index is 0.161. The van der Waals surface area contributed by atoms with Crippen LogP contribution in [0.25, 0.3) is 55.4 Å². The van der Waals surface area contributed by atoms with Crippen LogP contribution in [0, 0.1) is 57.9 Å². The number of benzene rings is 4. The van der Waals surface area contributed by atoms with E-state index in [0.29, 0.717) is 51.0 Å². The zero-order chi connectivity index (χ0) is 40.2. The quantitative estimate of drug-likeness (QED) is 0.172. The van der Waals surface area contributed by atoms with E-state index in [1.807, 2.05) is 19.9 Å². The molecule has 1 N–H and O–H groups in total. The van der Waals surface area contributed by atoms with E-state index in [4.69, 9.17) is 9.05 Å². The van der Waals surface area contributed by atoms with Gasteiger partial charge < -0.3 is 23.3 Å². The normalized spacial score (nSPS) is 11.2. The van der Waals surface area contributed by atoms with Crippen molar-refractivity contribution in [2.24, 2.45) is 0 Å². The van der Waals surface area contributed by atoms with Crippen LogP contribution in [0.4, 0.5) is 17.6 Å². The molecule has 10 nitrogen and oxygen atoms in total. The fourth-order valence-electron chi connectivity index (χ4n) is 6.93. The highest BCUT2D eigenvalue weighted by Crippen LogP contribution is 2.33.